The van der Waals surface area contributed by atoms with Crippen molar-refractivity contribution in [3.63, 3.8) is 0 Å². The second-order valence-electron chi connectivity index (χ2n) is 6.65. The first kappa shape index (κ1) is 23.6. The standard InChI is InChI=1S/C15H31N3O6S/c1-7-18(14(20)24-15(2,3)4)12(13(16)17-5)9-8-11(19)10-23-25(6,21)22/h11-12,19H,7-10H2,1-6H3,(H2,16,17)/t11-,12?/m0/s1. The van der Waals surface area contributed by atoms with Gasteiger partial charge in [-0.2, -0.15) is 8.42 Å². The van der Waals surface area contributed by atoms with E-state index in [1.54, 1.807) is 27.7 Å². The maximum Gasteiger partial charge on any atom is 0.410 e. The Morgan fingerprint density at radius 3 is 2.28 bits per heavy atom. The van der Waals surface area contributed by atoms with Crippen molar-refractivity contribution in [2.75, 3.05) is 26.5 Å². The molecule has 0 aliphatic carbocycles. The van der Waals surface area contributed by atoms with Gasteiger partial charge in [-0.1, -0.05) is 0 Å². The maximum atomic E-state index is 12.4. The van der Waals surface area contributed by atoms with Crippen molar-refractivity contribution < 1.29 is 27.2 Å². The first-order valence-electron chi connectivity index (χ1n) is 8.05. The summed E-state index contributed by atoms with van der Waals surface area (Å²) in [5.41, 5.74) is 5.26. The van der Waals surface area contributed by atoms with E-state index in [9.17, 15) is 18.3 Å². The molecule has 10 heteroatoms. The predicted molar refractivity (Wildman–Crippen MR) is 96.0 cm³/mol. The van der Waals surface area contributed by atoms with E-state index < -0.39 is 34.0 Å². The average molecular weight is 381 g/mol. The lowest BCUT2D eigenvalue weighted by atomic mass is 10.1. The van der Waals surface area contributed by atoms with Crippen LogP contribution in [0.2, 0.25) is 0 Å². The van der Waals surface area contributed by atoms with Gasteiger partial charge in [0.15, 0.2) is 0 Å². The van der Waals surface area contributed by atoms with Crippen LogP contribution in [0.5, 0.6) is 0 Å². The molecule has 0 saturated carbocycles. The third-order valence-corrected chi connectivity index (χ3v) is 3.76. The minimum Gasteiger partial charge on any atom is -0.444 e. The molecule has 1 amide bonds. The number of likely N-dealkylation sites (N-methyl/N-ethyl adjacent to an activating group) is 1. The first-order valence-corrected chi connectivity index (χ1v) is 9.86. The van der Waals surface area contributed by atoms with Crippen molar-refractivity contribution in [3.05, 3.63) is 0 Å². The first-order chi connectivity index (χ1) is 11.3. The lowest BCUT2D eigenvalue weighted by molar-refractivity contribution is 0.0199. The van der Waals surface area contributed by atoms with Gasteiger partial charge >= 0.3 is 6.09 Å². The van der Waals surface area contributed by atoms with Crippen LogP contribution in [0.3, 0.4) is 0 Å². The van der Waals surface area contributed by atoms with Gasteiger partial charge in [0.25, 0.3) is 10.1 Å². The molecule has 0 rings (SSSR count). The summed E-state index contributed by atoms with van der Waals surface area (Å²) in [4.78, 5) is 17.7. The van der Waals surface area contributed by atoms with E-state index in [0.29, 0.717) is 6.54 Å². The molecule has 1 unspecified atom stereocenters. The quantitative estimate of drug-likeness (QED) is 0.341. The Hall–Kier alpha value is -1.39. The highest BCUT2D eigenvalue weighted by atomic mass is 32.2. The van der Waals surface area contributed by atoms with Crippen LogP contribution in [0.25, 0.3) is 0 Å². The molecule has 3 N–H and O–H groups in total. The number of amidine groups is 1. The second-order valence-corrected chi connectivity index (χ2v) is 8.29. The molecule has 0 fully saturated rings. The number of nitrogens with two attached hydrogens (primary N) is 1. The summed E-state index contributed by atoms with van der Waals surface area (Å²) in [5.74, 6) is 0.226. The molecule has 0 aliphatic rings. The van der Waals surface area contributed by atoms with Gasteiger partial charge in [-0.15, -0.1) is 0 Å². The van der Waals surface area contributed by atoms with Crippen molar-refractivity contribution in [1.82, 2.24) is 4.90 Å². The fourth-order valence-corrected chi connectivity index (χ4v) is 2.45. The zero-order chi connectivity index (χ0) is 19.8. The van der Waals surface area contributed by atoms with Gasteiger partial charge in [0.2, 0.25) is 0 Å². The highest BCUT2D eigenvalue weighted by Crippen LogP contribution is 2.16. The van der Waals surface area contributed by atoms with Gasteiger partial charge in [-0.3, -0.25) is 14.1 Å². The molecule has 0 spiro atoms. The summed E-state index contributed by atoms with van der Waals surface area (Å²) < 4.78 is 31.9. The largest absolute Gasteiger partial charge is 0.444 e. The Morgan fingerprint density at radius 1 is 1.32 bits per heavy atom. The molecule has 9 nitrogen and oxygen atoms in total. The van der Waals surface area contributed by atoms with Gasteiger partial charge in [-0.25, -0.2) is 4.79 Å². The number of carbonyl (C=O) groups is 1. The zero-order valence-electron chi connectivity index (χ0n) is 15.9. The average Bonchev–Trinajstić information content (AvgIpc) is 2.45. The van der Waals surface area contributed by atoms with Crippen LogP contribution < -0.4 is 5.73 Å². The van der Waals surface area contributed by atoms with E-state index in [-0.39, 0.29) is 25.3 Å². The van der Waals surface area contributed by atoms with Gasteiger partial charge in [-0.05, 0) is 40.5 Å². The molecule has 0 aromatic carbocycles. The Balaban J connectivity index is 5.01. The minimum absolute atomic E-state index is 0.176. The van der Waals surface area contributed by atoms with Crippen LogP contribution in [0.1, 0.15) is 40.5 Å². The Labute approximate surface area is 150 Å². The summed E-state index contributed by atoms with van der Waals surface area (Å²) in [6.07, 6.45) is -0.182. The molecule has 148 valence electrons. The predicted octanol–water partition coefficient (Wildman–Crippen LogP) is 0.716. The normalized spacial score (nSPS) is 15.6. The molecule has 0 heterocycles. The SMILES string of the molecule is CCN(C(=O)OC(C)(C)C)C(CC[C@H](O)COS(C)(=O)=O)C(N)=NC. The molecule has 0 aromatic rings. The number of ether oxygens (including phenoxy) is 1. The number of aliphatic imine (C=N–C) groups is 1. The highest BCUT2D eigenvalue weighted by molar-refractivity contribution is 7.85. The van der Waals surface area contributed by atoms with Gasteiger partial charge in [0.1, 0.15) is 11.4 Å². The smallest absolute Gasteiger partial charge is 0.410 e. The Kier molecular flexibility index (Phi) is 9.38. The second kappa shape index (κ2) is 9.93. The zero-order valence-corrected chi connectivity index (χ0v) is 16.7. The van der Waals surface area contributed by atoms with E-state index >= 15 is 0 Å². The van der Waals surface area contributed by atoms with Crippen molar-refractivity contribution >= 4 is 22.0 Å². The summed E-state index contributed by atoms with van der Waals surface area (Å²) in [7, 11) is -2.12. The maximum absolute atomic E-state index is 12.4. The molecule has 0 saturated heterocycles. The van der Waals surface area contributed by atoms with Crippen LogP contribution in [0.15, 0.2) is 4.99 Å². The van der Waals surface area contributed by atoms with Crippen molar-refractivity contribution in [2.24, 2.45) is 10.7 Å². The van der Waals surface area contributed by atoms with Crippen LogP contribution in [-0.4, -0.2) is 74.6 Å². The summed E-state index contributed by atoms with van der Waals surface area (Å²) >= 11 is 0. The van der Waals surface area contributed by atoms with E-state index in [2.05, 4.69) is 9.18 Å². The number of nitrogens with zero attached hydrogens (tertiary/aromatic N) is 2. The van der Waals surface area contributed by atoms with Crippen molar-refractivity contribution in [1.29, 1.82) is 0 Å². The fourth-order valence-electron chi connectivity index (χ4n) is 2.05. The lowest BCUT2D eigenvalue weighted by Crippen LogP contribution is -2.50. The molecule has 0 bridgehead atoms. The number of hydrogen-bond donors (Lipinski definition) is 2. The monoisotopic (exact) mass is 381 g/mol. The molecule has 0 aromatic heterocycles. The van der Waals surface area contributed by atoms with E-state index in [1.807, 2.05) is 0 Å². The summed E-state index contributed by atoms with van der Waals surface area (Å²) in [6.45, 7) is 7.05. The summed E-state index contributed by atoms with van der Waals surface area (Å²) in [6, 6.07) is -0.572. The van der Waals surface area contributed by atoms with Crippen LogP contribution >= 0.6 is 0 Å². The molecule has 0 aliphatic heterocycles. The topological polar surface area (TPSA) is 132 Å². The van der Waals surface area contributed by atoms with Gasteiger partial charge < -0.3 is 15.6 Å². The van der Waals surface area contributed by atoms with Gasteiger partial charge in [0.05, 0.1) is 25.0 Å². The van der Waals surface area contributed by atoms with E-state index in [1.165, 1.54) is 11.9 Å². The molecule has 0 radical (unpaired) electrons. The number of aliphatic hydroxyl groups is 1. The van der Waals surface area contributed by atoms with Crippen molar-refractivity contribution in [2.45, 2.75) is 58.3 Å². The van der Waals surface area contributed by atoms with Crippen LogP contribution in [-0.2, 0) is 19.0 Å². The van der Waals surface area contributed by atoms with Crippen LogP contribution in [0.4, 0.5) is 4.79 Å². The van der Waals surface area contributed by atoms with Crippen LogP contribution in [0, 0.1) is 0 Å². The molecular weight excluding hydrogens is 350 g/mol. The Morgan fingerprint density at radius 2 is 1.88 bits per heavy atom. The number of amides is 1. The van der Waals surface area contributed by atoms with Gasteiger partial charge in [0, 0.05) is 13.6 Å². The molecule has 2 atom stereocenters. The minimum atomic E-state index is -3.63. The Bertz CT molecular complexity index is 556. The van der Waals surface area contributed by atoms with E-state index in [0.717, 1.165) is 6.26 Å². The number of aliphatic hydroxyl groups excluding tert-OH is 1. The number of hydrogen-bond acceptors (Lipinski definition) is 7. The highest BCUT2D eigenvalue weighted by Gasteiger charge is 2.29. The number of carbonyl (C=O) groups excluding carboxylic acids is 1. The summed E-state index contributed by atoms with van der Waals surface area (Å²) in [5, 5.41) is 9.89. The fraction of sp³-hybridized carbons (Fsp3) is 0.867. The van der Waals surface area contributed by atoms with E-state index in [4.69, 9.17) is 10.5 Å². The third kappa shape index (κ3) is 10.3. The lowest BCUT2D eigenvalue weighted by Gasteiger charge is -2.32. The molecular formula is C15H31N3O6S. The molecule has 25 heavy (non-hydrogen) atoms. The number of rotatable bonds is 9. The van der Waals surface area contributed by atoms with Crippen molar-refractivity contribution in [3.8, 4) is 0 Å². The third-order valence-electron chi connectivity index (χ3n) is 3.19.